The van der Waals surface area contributed by atoms with Crippen molar-refractivity contribution in [2.75, 3.05) is 13.1 Å². The Bertz CT molecular complexity index is 701. The van der Waals surface area contributed by atoms with Gasteiger partial charge in [0.25, 0.3) is 11.6 Å². The van der Waals surface area contributed by atoms with E-state index in [9.17, 15) is 14.9 Å². The molecule has 0 bridgehead atoms. The summed E-state index contributed by atoms with van der Waals surface area (Å²) in [5.41, 5.74) is 2.11. The summed E-state index contributed by atoms with van der Waals surface area (Å²) in [5, 5.41) is 10.9. The third-order valence-electron chi connectivity index (χ3n) is 3.73. The Kier molecular flexibility index (Phi) is 5.41. The Hall–Kier alpha value is -2.76. The van der Waals surface area contributed by atoms with Crippen molar-refractivity contribution < 1.29 is 9.72 Å². The first-order valence-corrected chi connectivity index (χ1v) is 7.46. The molecular weight excluding hydrogens is 294 g/mol. The zero-order chi connectivity index (χ0) is 16.8. The van der Waals surface area contributed by atoms with Gasteiger partial charge >= 0.3 is 0 Å². The first-order chi connectivity index (χ1) is 11.0. The molecule has 0 aliphatic carbocycles. The molecule has 0 atom stereocenters. The first-order valence-electron chi connectivity index (χ1n) is 7.46. The smallest absolute Gasteiger partial charge is 0.272 e. The molecule has 1 aromatic heterocycles. The highest BCUT2D eigenvalue weighted by molar-refractivity contribution is 5.94. The number of carbonyl (C=O) groups excluding carboxylic acids is 1. The lowest BCUT2D eigenvalue weighted by Gasteiger charge is -2.21. The predicted molar refractivity (Wildman–Crippen MR) is 87.4 cm³/mol. The number of amides is 1. The fraction of sp³-hybridized carbons (Fsp3) is 0.294. The number of hydrogen-bond acceptors (Lipinski definition) is 4. The molecule has 2 rings (SSSR count). The second kappa shape index (κ2) is 7.49. The van der Waals surface area contributed by atoms with Crippen LogP contribution in [0, 0.1) is 17.0 Å². The van der Waals surface area contributed by atoms with Gasteiger partial charge in [-0.25, -0.2) is 0 Å². The van der Waals surface area contributed by atoms with E-state index in [4.69, 9.17) is 0 Å². The summed E-state index contributed by atoms with van der Waals surface area (Å²) in [7, 11) is 0. The van der Waals surface area contributed by atoms with Crippen molar-refractivity contribution in [3.63, 3.8) is 0 Å². The van der Waals surface area contributed by atoms with Crippen LogP contribution in [0.1, 0.15) is 28.4 Å². The summed E-state index contributed by atoms with van der Waals surface area (Å²) < 4.78 is 0. The minimum atomic E-state index is -0.440. The fourth-order valence-corrected chi connectivity index (χ4v) is 2.39. The maximum Gasteiger partial charge on any atom is 0.272 e. The van der Waals surface area contributed by atoms with Crippen LogP contribution in [0.5, 0.6) is 0 Å². The number of pyridine rings is 1. The summed E-state index contributed by atoms with van der Waals surface area (Å²) >= 11 is 0. The lowest BCUT2D eigenvalue weighted by atomic mass is 10.1. The van der Waals surface area contributed by atoms with Gasteiger partial charge in [-0.05, 0) is 50.1 Å². The van der Waals surface area contributed by atoms with Crippen LogP contribution in [0.4, 0.5) is 5.69 Å². The van der Waals surface area contributed by atoms with E-state index >= 15 is 0 Å². The summed E-state index contributed by atoms with van der Waals surface area (Å²) in [6, 6.07) is 8.33. The molecule has 0 fully saturated rings. The summed E-state index contributed by atoms with van der Waals surface area (Å²) in [6.45, 7) is 4.74. The SMILES string of the molecule is CCN(CCc1ccncc1)C(=O)c1ccc([N+](=O)[O-])c(C)c1. The van der Waals surface area contributed by atoms with Gasteiger partial charge in [-0.2, -0.15) is 0 Å². The van der Waals surface area contributed by atoms with Gasteiger partial charge < -0.3 is 4.90 Å². The van der Waals surface area contributed by atoms with Gasteiger partial charge in [0.15, 0.2) is 0 Å². The Labute approximate surface area is 134 Å². The molecule has 2 aromatic rings. The van der Waals surface area contributed by atoms with Crippen LogP contribution in [-0.2, 0) is 6.42 Å². The van der Waals surface area contributed by atoms with E-state index in [2.05, 4.69) is 4.98 Å². The van der Waals surface area contributed by atoms with Crippen molar-refractivity contribution in [3.05, 3.63) is 69.5 Å². The Morgan fingerprint density at radius 3 is 2.52 bits per heavy atom. The average molecular weight is 313 g/mol. The highest BCUT2D eigenvalue weighted by atomic mass is 16.6. The zero-order valence-electron chi connectivity index (χ0n) is 13.2. The molecule has 0 spiro atoms. The second-order valence-electron chi connectivity index (χ2n) is 5.25. The number of likely N-dealkylation sites (N-methyl/N-ethyl adjacent to an activating group) is 1. The van der Waals surface area contributed by atoms with Crippen molar-refractivity contribution >= 4 is 11.6 Å². The monoisotopic (exact) mass is 313 g/mol. The molecule has 0 N–H and O–H groups in total. The van der Waals surface area contributed by atoms with Crippen molar-refractivity contribution in [1.82, 2.24) is 9.88 Å². The van der Waals surface area contributed by atoms with Crippen LogP contribution >= 0.6 is 0 Å². The quantitative estimate of drug-likeness (QED) is 0.607. The fourth-order valence-electron chi connectivity index (χ4n) is 2.39. The van der Waals surface area contributed by atoms with E-state index in [-0.39, 0.29) is 11.6 Å². The lowest BCUT2D eigenvalue weighted by molar-refractivity contribution is -0.385. The van der Waals surface area contributed by atoms with Crippen LogP contribution in [0.15, 0.2) is 42.7 Å². The number of carbonyl (C=O) groups is 1. The van der Waals surface area contributed by atoms with Crippen LogP contribution in [0.3, 0.4) is 0 Å². The number of hydrogen-bond donors (Lipinski definition) is 0. The minimum absolute atomic E-state index is 0.0291. The molecule has 23 heavy (non-hydrogen) atoms. The van der Waals surface area contributed by atoms with Crippen molar-refractivity contribution in [3.8, 4) is 0 Å². The average Bonchev–Trinajstić information content (AvgIpc) is 2.55. The van der Waals surface area contributed by atoms with Crippen LogP contribution < -0.4 is 0 Å². The number of nitro benzene ring substituents is 1. The molecule has 0 saturated carbocycles. The number of aryl methyl sites for hydroxylation is 1. The number of aromatic nitrogens is 1. The molecule has 0 radical (unpaired) electrons. The molecule has 1 aromatic carbocycles. The molecule has 1 heterocycles. The van der Waals surface area contributed by atoms with Gasteiger partial charge in [0.1, 0.15) is 0 Å². The summed E-state index contributed by atoms with van der Waals surface area (Å²) in [4.78, 5) is 28.7. The second-order valence-corrected chi connectivity index (χ2v) is 5.25. The number of benzene rings is 1. The van der Waals surface area contributed by atoms with Crippen LogP contribution in [-0.4, -0.2) is 33.8 Å². The first kappa shape index (κ1) is 16.6. The standard InChI is InChI=1S/C17H19N3O3/c1-3-19(11-8-14-6-9-18-10-7-14)17(21)15-4-5-16(20(22)23)13(2)12-15/h4-7,9-10,12H,3,8,11H2,1-2H3. The molecule has 0 saturated heterocycles. The Morgan fingerprint density at radius 2 is 1.96 bits per heavy atom. The minimum Gasteiger partial charge on any atom is -0.339 e. The van der Waals surface area contributed by atoms with Crippen molar-refractivity contribution in [2.24, 2.45) is 0 Å². The molecular formula is C17H19N3O3. The Morgan fingerprint density at radius 1 is 1.26 bits per heavy atom. The largest absolute Gasteiger partial charge is 0.339 e. The third-order valence-corrected chi connectivity index (χ3v) is 3.73. The van der Waals surface area contributed by atoms with Crippen molar-refractivity contribution in [1.29, 1.82) is 0 Å². The normalized spacial score (nSPS) is 10.3. The molecule has 6 heteroatoms. The predicted octanol–water partition coefficient (Wildman–Crippen LogP) is 3.00. The molecule has 0 aliphatic rings. The van der Waals surface area contributed by atoms with Crippen molar-refractivity contribution in [2.45, 2.75) is 20.3 Å². The Balaban J connectivity index is 2.10. The number of nitrogens with zero attached hydrogens (tertiary/aromatic N) is 3. The lowest BCUT2D eigenvalue weighted by Crippen LogP contribution is -2.32. The highest BCUT2D eigenvalue weighted by Crippen LogP contribution is 2.19. The molecule has 0 aliphatic heterocycles. The van der Waals surface area contributed by atoms with E-state index in [1.807, 2.05) is 19.1 Å². The molecule has 1 amide bonds. The van der Waals surface area contributed by atoms with Gasteiger partial charge in [-0.1, -0.05) is 0 Å². The van der Waals surface area contributed by atoms with E-state index in [1.165, 1.54) is 12.1 Å². The van der Waals surface area contributed by atoms with Crippen LogP contribution in [0.25, 0.3) is 0 Å². The maximum absolute atomic E-state index is 12.6. The topological polar surface area (TPSA) is 76.3 Å². The maximum atomic E-state index is 12.6. The molecule has 0 unspecified atom stereocenters. The summed E-state index contributed by atoms with van der Waals surface area (Å²) in [6.07, 6.45) is 4.20. The van der Waals surface area contributed by atoms with Gasteiger partial charge in [0.05, 0.1) is 4.92 Å². The molecule has 6 nitrogen and oxygen atoms in total. The number of rotatable bonds is 6. The number of nitro groups is 1. The highest BCUT2D eigenvalue weighted by Gasteiger charge is 2.17. The zero-order valence-corrected chi connectivity index (χ0v) is 13.2. The third kappa shape index (κ3) is 4.12. The van der Waals surface area contributed by atoms with Gasteiger partial charge in [-0.3, -0.25) is 19.9 Å². The van der Waals surface area contributed by atoms with E-state index in [1.54, 1.807) is 30.3 Å². The molecule has 120 valence electrons. The van der Waals surface area contributed by atoms with Gasteiger partial charge in [0.2, 0.25) is 0 Å². The van der Waals surface area contributed by atoms with Crippen LogP contribution in [0.2, 0.25) is 0 Å². The van der Waals surface area contributed by atoms with E-state index < -0.39 is 4.92 Å². The van der Waals surface area contributed by atoms with Gasteiger partial charge in [0, 0.05) is 42.7 Å². The van der Waals surface area contributed by atoms with E-state index in [0.29, 0.717) is 24.2 Å². The van der Waals surface area contributed by atoms with Gasteiger partial charge in [-0.15, -0.1) is 0 Å². The summed E-state index contributed by atoms with van der Waals surface area (Å²) in [5.74, 6) is -0.112. The van der Waals surface area contributed by atoms with E-state index in [0.717, 1.165) is 12.0 Å².